The van der Waals surface area contributed by atoms with Crippen LogP contribution in [-0.4, -0.2) is 24.8 Å². The number of hydrogen-bond donors (Lipinski definition) is 0. The van der Waals surface area contributed by atoms with Crippen LogP contribution in [0, 0.1) is 0 Å². The van der Waals surface area contributed by atoms with E-state index in [-0.39, 0.29) is 11.1 Å². The standard InChI is InChI=1S/C34H26Cl2N2O5S/c1-19-30(33(40)42-3)31(26-16-23(36)13-15-27(26)41-2)38-32(39)29(44-34(38)37-19)17-25-24-7-5-4-6-21(24)10-14-28(25)43-18-20-8-11-22(35)12-9-20/h4-17,31H,18H2,1-3H3/b29-17-/t31-/m1/s1. The smallest absolute Gasteiger partial charge is 0.338 e. The number of hydrogen-bond acceptors (Lipinski definition) is 7. The number of nitrogens with zero attached hydrogens (tertiary/aromatic N) is 2. The topological polar surface area (TPSA) is 79.1 Å². The SMILES string of the molecule is COC(=O)C1=C(C)N=c2s/c(=C\c3c(OCc4ccc(Cl)cc4)ccc4ccccc34)c(=O)n2[C@@H]1c1cc(Cl)ccc1OC. The van der Waals surface area contributed by atoms with Crippen molar-refractivity contribution in [2.24, 2.45) is 4.99 Å². The van der Waals surface area contributed by atoms with Crippen molar-refractivity contribution in [2.45, 2.75) is 19.6 Å². The number of thiazole rings is 1. The first-order valence-electron chi connectivity index (χ1n) is 13.6. The molecule has 0 bridgehead atoms. The maximum absolute atomic E-state index is 14.3. The lowest BCUT2D eigenvalue weighted by molar-refractivity contribution is -0.136. The minimum atomic E-state index is -0.873. The maximum atomic E-state index is 14.3. The average Bonchev–Trinajstić information content (AvgIpc) is 3.34. The molecule has 0 saturated carbocycles. The van der Waals surface area contributed by atoms with Gasteiger partial charge in [-0.1, -0.05) is 77.0 Å². The van der Waals surface area contributed by atoms with Crippen molar-refractivity contribution in [3.8, 4) is 11.5 Å². The Hall–Kier alpha value is -4.37. The molecular formula is C34H26Cl2N2O5S. The Morgan fingerprint density at radius 1 is 0.977 bits per heavy atom. The Labute approximate surface area is 266 Å². The minimum absolute atomic E-state index is 0.226. The summed E-state index contributed by atoms with van der Waals surface area (Å²) < 4.78 is 19.0. The summed E-state index contributed by atoms with van der Waals surface area (Å²) in [5.41, 5.74) is 2.58. The number of allylic oxidation sites excluding steroid dienone is 1. The zero-order valence-corrected chi connectivity index (χ0v) is 26.3. The molecule has 10 heteroatoms. The normalized spacial score (nSPS) is 14.8. The molecule has 6 rings (SSSR count). The van der Waals surface area contributed by atoms with Crippen LogP contribution in [0.15, 0.2) is 99.9 Å². The summed E-state index contributed by atoms with van der Waals surface area (Å²) in [6, 6.07) is 23.5. The molecule has 1 aliphatic rings. The molecule has 1 atom stereocenters. The molecule has 2 heterocycles. The second kappa shape index (κ2) is 12.3. The van der Waals surface area contributed by atoms with Crippen LogP contribution in [0.25, 0.3) is 16.8 Å². The molecule has 44 heavy (non-hydrogen) atoms. The molecule has 0 saturated heterocycles. The molecule has 1 aromatic heterocycles. The average molecular weight is 646 g/mol. The highest BCUT2D eigenvalue weighted by Gasteiger charge is 2.35. The maximum Gasteiger partial charge on any atom is 0.338 e. The second-order valence-electron chi connectivity index (χ2n) is 10.1. The van der Waals surface area contributed by atoms with Crippen molar-refractivity contribution < 1.29 is 19.0 Å². The number of esters is 1. The number of ether oxygens (including phenoxy) is 3. The Morgan fingerprint density at radius 3 is 2.45 bits per heavy atom. The van der Waals surface area contributed by atoms with Gasteiger partial charge >= 0.3 is 5.97 Å². The first-order chi connectivity index (χ1) is 21.3. The lowest BCUT2D eigenvalue weighted by Crippen LogP contribution is -2.40. The largest absolute Gasteiger partial charge is 0.496 e. The molecule has 0 spiro atoms. The predicted octanol–water partition coefficient (Wildman–Crippen LogP) is 6.46. The molecule has 0 unspecified atom stereocenters. The number of benzene rings is 4. The molecule has 0 fully saturated rings. The van der Waals surface area contributed by atoms with Gasteiger partial charge in [0.05, 0.1) is 30.0 Å². The van der Waals surface area contributed by atoms with Crippen LogP contribution in [0.3, 0.4) is 0 Å². The van der Waals surface area contributed by atoms with Crippen LogP contribution in [0.5, 0.6) is 11.5 Å². The van der Waals surface area contributed by atoms with Crippen molar-refractivity contribution in [1.29, 1.82) is 0 Å². The minimum Gasteiger partial charge on any atom is -0.496 e. The van der Waals surface area contributed by atoms with E-state index in [0.29, 0.717) is 48.7 Å². The fourth-order valence-electron chi connectivity index (χ4n) is 5.33. The van der Waals surface area contributed by atoms with E-state index in [4.69, 9.17) is 37.4 Å². The highest BCUT2D eigenvalue weighted by atomic mass is 35.5. The summed E-state index contributed by atoms with van der Waals surface area (Å²) in [5, 5.41) is 3.00. The third kappa shape index (κ3) is 5.52. The highest BCUT2D eigenvalue weighted by molar-refractivity contribution is 7.07. The number of fused-ring (bicyclic) bond motifs is 2. The molecule has 7 nitrogen and oxygen atoms in total. The van der Waals surface area contributed by atoms with E-state index < -0.39 is 12.0 Å². The van der Waals surface area contributed by atoms with E-state index in [1.807, 2.05) is 66.7 Å². The molecule has 4 aromatic carbocycles. The van der Waals surface area contributed by atoms with Crippen molar-refractivity contribution >= 4 is 57.4 Å². The van der Waals surface area contributed by atoms with Crippen LogP contribution in [0.2, 0.25) is 10.0 Å². The molecule has 222 valence electrons. The Kier molecular flexibility index (Phi) is 8.31. The molecule has 1 aliphatic heterocycles. The van der Waals surface area contributed by atoms with Crippen LogP contribution in [0.4, 0.5) is 0 Å². The van der Waals surface area contributed by atoms with Gasteiger partial charge in [0.15, 0.2) is 4.80 Å². The number of carbonyl (C=O) groups is 1. The first-order valence-corrected chi connectivity index (χ1v) is 15.2. The fraction of sp³-hybridized carbons (Fsp3) is 0.147. The lowest BCUT2D eigenvalue weighted by Gasteiger charge is -2.25. The summed E-state index contributed by atoms with van der Waals surface area (Å²) in [7, 11) is 2.82. The zero-order chi connectivity index (χ0) is 31.0. The number of methoxy groups -OCH3 is 2. The molecule has 0 amide bonds. The third-order valence-corrected chi connectivity index (χ3v) is 8.90. The van der Waals surface area contributed by atoms with Gasteiger partial charge in [0.25, 0.3) is 5.56 Å². The number of rotatable bonds is 7. The van der Waals surface area contributed by atoms with Gasteiger partial charge in [0.2, 0.25) is 0 Å². The van der Waals surface area contributed by atoms with Gasteiger partial charge < -0.3 is 14.2 Å². The third-order valence-electron chi connectivity index (χ3n) is 7.43. The van der Waals surface area contributed by atoms with E-state index in [2.05, 4.69) is 4.99 Å². The monoisotopic (exact) mass is 644 g/mol. The Morgan fingerprint density at radius 2 is 1.70 bits per heavy atom. The second-order valence-corrected chi connectivity index (χ2v) is 12.0. The number of aromatic nitrogens is 1. The molecular weight excluding hydrogens is 619 g/mol. The van der Waals surface area contributed by atoms with Crippen molar-refractivity contribution in [3.63, 3.8) is 0 Å². The summed E-state index contributed by atoms with van der Waals surface area (Å²) in [6.07, 6.45) is 1.83. The first kappa shape index (κ1) is 29.7. The van der Waals surface area contributed by atoms with E-state index in [1.54, 1.807) is 25.1 Å². The van der Waals surface area contributed by atoms with Gasteiger partial charge in [-0.3, -0.25) is 9.36 Å². The van der Waals surface area contributed by atoms with E-state index in [9.17, 15) is 9.59 Å². The van der Waals surface area contributed by atoms with Gasteiger partial charge in [0, 0.05) is 21.2 Å². The summed E-state index contributed by atoms with van der Waals surface area (Å²) in [4.78, 5) is 32.5. The van der Waals surface area contributed by atoms with Crippen LogP contribution in [-0.2, 0) is 16.1 Å². The summed E-state index contributed by atoms with van der Waals surface area (Å²) in [6.45, 7) is 2.04. The van der Waals surface area contributed by atoms with Gasteiger partial charge in [-0.25, -0.2) is 9.79 Å². The Balaban J connectivity index is 1.56. The summed E-state index contributed by atoms with van der Waals surface area (Å²) in [5.74, 6) is 0.487. The fourth-order valence-corrected chi connectivity index (χ4v) is 6.66. The van der Waals surface area contributed by atoms with E-state index in [1.165, 1.54) is 30.1 Å². The van der Waals surface area contributed by atoms with E-state index >= 15 is 0 Å². The number of carbonyl (C=O) groups excluding carboxylic acids is 1. The quantitative estimate of drug-likeness (QED) is 0.190. The van der Waals surface area contributed by atoms with Gasteiger partial charge in [-0.05, 0) is 65.7 Å². The van der Waals surface area contributed by atoms with Crippen molar-refractivity contribution in [3.05, 3.63) is 137 Å². The van der Waals surface area contributed by atoms with Crippen LogP contribution >= 0.6 is 34.5 Å². The summed E-state index contributed by atoms with van der Waals surface area (Å²) >= 11 is 13.7. The van der Waals surface area contributed by atoms with Crippen molar-refractivity contribution in [1.82, 2.24) is 4.57 Å². The van der Waals surface area contributed by atoms with Gasteiger partial charge in [-0.15, -0.1) is 0 Å². The molecule has 0 radical (unpaired) electrons. The highest BCUT2D eigenvalue weighted by Crippen LogP contribution is 2.37. The Bertz CT molecular complexity index is 2130. The molecule has 0 N–H and O–H groups in total. The van der Waals surface area contributed by atoms with E-state index in [0.717, 1.165) is 21.9 Å². The van der Waals surface area contributed by atoms with Crippen LogP contribution < -0.4 is 24.4 Å². The molecule has 0 aliphatic carbocycles. The van der Waals surface area contributed by atoms with Crippen LogP contribution in [0.1, 0.15) is 29.7 Å². The zero-order valence-electron chi connectivity index (χ0n) is 24.0. The lowest BCUT2D eigenvalue weighted by atomic mass is 9.95. The van der Waals surface area contributed by atoms with Crippen molar-refractivity contribution in [2.75, 3.05) is 14.2 Å². The van der Waals surface area contributed by atoms with Gasteiger partial charge in [-0.2, -0.15) is 0 Å². The number of halogens is 2. The van der Waals surface area contributed by atoms with Gasteiger partial charge in [0.1, 0.15) is 24.1 Å². The predicted molar refractivity (Wildman–Crippen MR) is 174 cm³/mol. The molecule has 5 aromatic rings.